The van der Waals surface area contributed by atoms with Crippen molar-refractivity contribution in [2.45, 2.75) is 26.3 Å². The Hall–Kier alpha value is -3.71. The number of nitrogens with one attached hydrogen (secondary N) is 1. The van der Waals surface area contributed by atoms with Gasteiger partial charge in [0.2, 0.25) is 5.91 Å². The molecule has 0 spiro atoms. The van der Waals surface area contributed by atoms with Gasteiger partial charge in [0.25, 0.3) is 5.56 Å². The monoisotopic (exact) mass is 479 g/mol. The molecule has 0 saturated carbocycles. The highest BCUT2D eigenvalue weighted by Crippen LogP contribution is 2.21. The zero-order valence-electron chi connectivity index (χ0n) is 18.6. The number of fused-ring (bicyclic) bond motifs is 1. The van der Waals surface area contributed by atoms with E-state index in [2.05, 4.69) is 5.32 Å². The van der Waals surface area contributed by atoms with Crippen molar-refractivity contribution in [3.05, 3.63) is 110 Å². The lowest BCUT2D eigenvalue weighted by molar-refractivity contribution is -0.120. The molecule has 1 aromatic heterocycles. The normalized spacial score (nSPS) is 11.0. The molecule has 0 atom stereocenters. The van der Waals surface area contributed by atoms with Crippen molar-refractivity contribution in [2.24, 2.45) is 0 Å². The van der Waals surface area contributed by atoms with Gasteiger partial charge < -0.3 is 5.32 Å². The molecule has 1 amide bonds. The zero-order chi connectivity index (χ0) is 24.2. The first kappa shape index (κ1) is 23.4. The number of hydrogen-bond acceptors (Lipinski definition) is 3. The summed E-state index contributed by atoms with van der Waals surface area (Å²) in [6.45, 7) is 2.44. The largest absolute Gasteiger partial charge is 0.356 e. The number of benzene rings is 3. The highest BCUT2D eigenvalue weighted by atomic mass is 35.5. The molecular weight excluding hydrogens is 457 g/mol. The Bertz CT molecular complexity index is 1460. The van der Waals surface area contributed by atoms with Crippen molar-refractivity contribution in [3.8, 4) is 5.69 Å². The van der Waals surface area contributed by atoms with E-state index in [0.717, 1.165) is 16.6 Å². The summed E-state index contributed by atoms with van der Waals surface area (Å²) in [6, 6.07) is 17.7. The van der Waals surface area contributed by atoms with Crippen molar-refractivity contribution in [1.29, 1.82) is 0 Å². The summed E-state index contributed by atoms with van der Waals surface area (Å²) in [7, 11) is 0. The molecule has 0 aliphatic rings. The number of carbonyl (C=O) groups excluding carboxylic acids is 1. The lowest BCUT2D eigenvalue weighted by Gasteiger charge is -2.15. The van der Waals surface area contributed by atoms with E-state index in [0.29, 0.717) is 23.1 Å². The van der Waals surface area contributed by atoms with Gasteiger partial charge in [-0.3, -0.25) is 14.2 Å². The number of aromatic nitrogens is 2. The Morgan fingerprint density at radius 3 is 2.44 bits per heavy atom. The molecule has 1 N–H and O–H groups in total. The highest BCUT2D eigenvalue weighted by molar-refractivity contribution is 6.31. The molecule has 1 heterocycles. The van der Waals surface area contributed by atoms with Crippen LogP contribution in [0.1, 0.15) is 24.5 Å². The van der Waals surface area contributed by atoms with Crippen molar-refractivity contribution < 1.29 is 9.18 Å². The van der Waals surface area contributed by atoms with Crippen LogP contribution in [0.15, 0.2) is 76.3 Å². The predicted octanol–water partition coefficient (Wildman–Crippen LogP) is 4.06. The maximum atomic E-state index is 14.5. The predicted molar refractivity (Wildman–Crippen MR) is 131 cm³/mol. The molecule has 0 unspecified atom stereocenters. The number of amides is 1. The van der Waals surface area contributed by atoms with Crippen LogP contribution in [0.4, 0.5) is 4.39 Å². The lowest BCUT2D eigenvalue weighted by Crippen LogP contribution is -2.39. The summed E-state index contributed by atoms with van der Waals surface area (Å²) in [5.74, 6) is -0.631. The van der Waals surface area contributed by atoms with Crippen LogP contribution in [0.3, 0.4) is 0 Å². The minimum atomic E-state index is -0.614. The summed E-state index contributed by atoms with van der Waals surface area (Å²) >= 11 is 6.21. The lowest BCUT2D eigenvalue weighted by atomic mass is 10.1. The Kier molecular flexibility index (Phi) is 6.93. The van der Waals surface area contributed by atoms with Gasteiger partial charge in [0.1, 0.15) is 5.82 Å². The van der Waals surface area contributed by atoms with Crippen LogP contribution in [0.5, 0.6) is 0 Å². The van der Waals surface area contributed by atoms with Crippen LogP contribution in [0.2, 0.25) is 5.02 Å². The van der Waals surface area contributed by atoms with Crippen molar-refractivity contribution in [1.82, 2.24) is 14.5 Å². The third-order valence-corrected chi connectivity index (χ3v) is 5.91. The molecule has 6 nitrogen and oxygen atoms in total. The molecule has 34 heavy (non-hydrogen) atoms. The molecule has 174 valence electrons. The molecule has 3 aromatic carbocycles. The van der Waals surface area contributed by atoms with Gasteiger partial charge in [-0.1, -0.05) is 48.9 Å². The topological polar surface area (TPSA) is 73.1 Å². The van der Waals surface area contributed by atoms with E-state index in [9.17, 15) is 18.8 Å². The SMILES string of the molecule is CCCNC(=O)Cc1ccc(-n2c(=O)c3ccccc3n(Cc3c(F)cccc3Cl)c2=O)cc1. The van der Waals surface area contributed by atoms with Gasteiger partial charge in [-0.05, 0) is 48.4 Å². The minimum absolute atomic E-state index is 0.0957. The van der Waals surface area contributed by atoms with Crippen molar-refractivity contribution in [3.63, 3.8) is 0 Å². The van der Waals surface area contributed by atoms with Gasteiger partial charge in [0, 0.05) is 17.1 Å². The fourth-order valence-electron chi connectivity index (χ4n) is 3.82. The summed E-state index contributed by atoms with van der Waals surface area (Å²) in [4.78, 5) is 38.8. The second-order valence-electron chi connectivity index (χ2n) is 7.92. The smallest absolute Gasteiger partial charge is 0.336 e. The first-order chi connectivity index (χ1) is 16.4. The molecule has 0 aliphatic carbocycles. The Balaban J connectivity index is 1.81. The number of rotatable bonds is 7. The van der Waals surface area contributed by atoms with Crippen molar-refractivity contribution in [2.75, 3.05) is 6.54 Å². The van der Waals surface area contributed by atoms with E-state index in [1.165, 1.54) is 16.7 Å². The number of hydrogen-bond donors (Lipinski definition) is 1. The molecule has 0 radical (unpaired) electrons. The van der Waals surface area contributed by atoms with Gasteiger partial charge in [0.05, 0.1) is 29.6 Å². The van der Waals surface area contributed by atoms with Crippen molar-refractivity contribution >= 4 is 28.4 Å². The fraction of sp³-hybridized carbons (Fsp3) is 0.192. The molecule has 0 aliphatic heterocycles. The highest BCUT2D eigenvalue weighted by Gasteiger charge is 2.17. The summed E-state index contributed by atoms with van der Waals surface area (Å²) in [6.07, 6.45) is 1.04. The third kappa shape index (κ3) is 4.65. The number of para-hydroxylation sites is 1. The molecule has 0 fully saturated rings. The van der Waals surface area contributed by atoms with E-state index < -0.39 is 17.1 Å². The van der Waals surface area contributed by atoms with E-state index >= 15 is 0 Å². The van der Waals surface area contributed by atoms with E-state index in [1.807, 2.05) is 6.92 Å². The zero-order valence-corrected chi connectivity index (χ0v) is 19.3. The molecule has 4 aromatic rings. The Morgan fingerprint density at radius 1 is 1.00 bits per heavy atom. The Labute approximate surface area is 200 Å². The molecule has 8 heteroatoms. The van der Waals surface area contributed by atoms with E-state index in [4.69, 9.17) is 11.6 Å². The van der Waals surface area contributed by atoms with E-state index in [-0.39, 0.29) is 29.5 Å². The average Bonchev–Trinajstić information content (AvgIpc) is 2.83. The third-order valence-electron chi connectivity index (χ3n) is 5.56. The summed E-state index contributed by atoms with van der Waals surface area (Å²) < 4.78 is 16.9. The maximum absolute atomic E-state index is 14.5. The van der Waals surface area contributed by atoms with Gasteiger partial charge in [-0.2, -0.15) is 0 Å². The minimum Gasteiger partial charge on any atom is -0.356 e. The number of nitrogens with zero attached hydrogens (tertiary/aromatic N) is 2. The van der Waals surface area contributed by atoms with Crippen LogP contribution in [-0.2, 0) is 17.8 Å². The molecule has 4 rings (SSSR count). The standard InChI is InChI=1S/C26H23ClFN3O3/c1-2-14-29-24(32)15-17-10-12-18(13-11-17)31-25(33)19-6-3-4-9-23(19)30(26(31)34)16-20-21(27)7-5-8-22(20)28/h3-13H,2,14-16H2,1H3,(H,29,32). The molecule has 0 bridgehead atoms. The summed E-state index contributed by atoms with van der Waals surface area (Å²) in [5, 5.41) is 3.33. The van der Waals surface area contributed by atoms with Crippen LogP contribution in [0, 0.1) is 5.82 Å². The second-order valence-corrected chi connectivity index (χ2v) is 8.33. The van der Waals surface area contributed by atoms with Crippen LogP contribution in [-0.4, -0.2) is 21.6 Å². The van der Waals surface area contributed by atoms with Gasteiger partial charge in [-0.15, -0.1) is 0 Å². The fourth-order valence-corrected chi connectivity index (χ4v) is 4.04. The van der Waals surface area contributed by atoms with Crippen LogP contribution < -0.4 is 16.6 Å². The van der Waals surface area contributed by atoms with Gasteiger partial charge in [-0.25, -0.2) is 13.8 Å². The van der Waals surface area contributed by atoms with Crippen LogP contribution in [0.25, 0.3) is 16.6 Å². The van der Waals surface area contributed by atoms with Gasteiger partial charge in [0.15, 0.2) is 0 Å². The Morgan fingerprint density at radius 2 is 1.74 bits per heavy atom. The quantitative estimate of drug-likeness (QED) is 0.434. The molecule has 0 saturated heterocycles. The summed E-state index contributed by atoms with van der Waals surface area (Å²) in [5.41, 5.74) is 0.560. The second kappa shape index (κ2) is 10.1. The first-order valence-electron chi connectivity index (χ1n) is 10.9. The van der Waals surface area contributed by atoms with Crippen LogP contribution >= 0.6 is 11.6 Å². The van der Waals surface area contributed by atoms with Gasteiger partial charge >= 0.3 is 5.69 Å². The van der Waals surface area contributed by atoms with E-state index in [1.54, 1.807) is 54.6 Å². The number of carbonyl (C=O) groups is 1. The molecular formula is C26H23ClFN3O3. The first-order valence-corrected chi connectivity index (χ1v) is 11.3. The number of halogens is 2. The average molecular weight is 480 g/mol. The maximum Gasteiger partial charge on any atom is 0.336 e.